The molecule has 1 aliphatic rings. The number of aliphatic hydroxyl groups is 1. The third-order valence-electron chi connectivity index (χ3n) is 3.72. The van der Waals surface area contributed by atoms with E-state index in [9.17, 15) is 18.3 Å². The van der Waals surface area contributed by atoms with Gasteiger partial charge in [0, 0.05) is 12.1 Å². The molecular weight excluding hydrogens is 299 g/mol. The van der Waals surface area contributed by atoms with Gasteiger partial charge in [-0.2, -0.15) is 18.2 Å². The van der Waals surface area contributed by atoms with Crippen molar-refractivity contribution in [3.63, 3.8) is 0 Å². The Kier molecular flexibility index (Phi) is 3.65. The van der Waals surface area contributed by atoms with Gasteiger partial charge in [-0.1, -0.05) is 17.3 Å². The van der Waals surface area contributed by atoms with Crippen LogP contribution in [0.2, 0.25) is 0 Å². The zero-order valence-corrected chi connectivity index (χ0v) is 11.7. The van der Waals surface area contributed by atoms with Crippen LogP contribution in [0.25, 0.3) is 11.4 Å². The number of benzene rings is 1. The summed E-state index contributed by atoms with van der Waals surface area (Å²) >= 11 is 0. The lowest BCUT2D eigenvalue weighted by molar-refractivity contribution is -0.137. The van der Waals surface area contributed by atoms with E-state index >= 15 is 0 Å². The normalized spacial score (nSPS) is 23.1. The summed E-state index contributed by atoms with van der Waals surface area (Å²) in [6, 6.07) is 4.41. The summed E-state index contributed by atoms with van der Waals surface area (Å²) in [6.45, 7) is 0.517. The van der Waals surface area contributed by atoms with Gasteiger partial charge in [0.1, 0.15) is 0 Å². The Balaban J connectivity index is 1.82. The lowest BCUT2D eigenvalue weighted by Gasteiger charge is -2.13. The SMILES string of the molecule is CN1CC(O)CC1c1nc(-c2ccc(C(F)(F)F)cc2)no1. The molecule has 8 heteroatoms. The molecule has 1 aromatic carbocycles. The Labute approximate surface area is 124 Å². The fraction of sp³-hybridized carbons (Fsp3) is 0.429. The number of alkyl halides is 3. The first-order chi connectivity index (χ1) is 10.3. The second-order valence-electron chi connectivity index (χ2n) is 5.38. The molecule has 0 bridgehead atoms. The number of likely N-dealkylation sites (tertiary alicyclic amines) is 1. The lowest BCUT2D eigenvalue weighted by atomic mass is 10.1. The van der Waals surface area contributed by atoms with Gasteiger partial charge in [0.05, 0.1) is 17.7 Å². The molecule has 118 valence electrons. The number of aliphatic hydroxyl groups excluding tert-OH is 1. The van der Waals surface area contributed by atoms with Gasteiger partial charge in [-0.15, -0.1) is 0 Å². The summed E-state index contributed by atoms with van der Waals surface area (Å²) in [5.41, 5.74) is -0.275. The van der Waals surface area contributed by atoms with E-state index in [1.807, 2.05) is 11.9 Å². The van der Waals surface area contributed by atoms with Gasteiger partial charge in [-0.05, 0) is 25.6 Å². The van der Waals surface area contributed by atoms with Crippen LogP contribution < -0.4 is 0 Å². The van der Waals surface area contributed by atoms with E-state index in [1.165, 1.54) is 12.1 Å². The molecule has 1 aliphatic heterocycles. The third-order valence-corrected chi connectivity index (χ3v) is 3.72. The molecule has 1 saturated heterocycles. The molecule has 1 fully saturated rings. The summed E-state index contributed by atoms with van der Waals surface area (Å²) in [7, 11) is 1.84. The molecule has 2 atom stereocenters. The lowest BCUT2D eigenvalue weighted by Crippen LogP contribution is -2.19. The van der Waals surface area contributed by atoms with Gasteiger partial charge < -0.3 is 9.63 Å². The highest BCUT2D eigenvalue weighted by atomic mass is 19.4. The van der Waals surface area contributed by atoms with Gasteiger partial charge in [0.25, 0.3) is 0 Å². The summed E-state index contributed by atoms with van der Waals surface area (Å²) < 4.78 is 42.8. The predicted molar refractivity (Wildman–Crippen MR) is 70.7 cm³/mol. The fourth-order valence-corrected chi connectivity index (χ4v) is 2.56. The Morgan fingerprint density at radius 2 is 1.95 bits per heavy atom. The molecule has 3 rings (SSSR count). The minimum atomic E-state index is -4.37. The van der Waals surface area contributed by atoms with Crippen molar-refractivity contribution in [3.8, 4) is 11.4 Å². The standard InChI is InChI=1S/C14H14F3N3O2/c1-20-7-10(21)6-11(20)13-18-12(19-22-13)8-2-4-9(5-3-8)14(15,16)17/h2-5,10-11,21H,6-7H2,1H3. The molecule has 22 heavy (non-hydrogen) atoms. The van der Waals surface area contributed by atoms with E-state index in [2.05, 4.69) is 10.1 Å². The molecule has 0 radical (unpaired) electrons. The largest absolute Gasteiger partial charge is 0.416 e. The summed E-state index contributed by atoms with van der Waals surface area (Å²) in [6.07, 6.45) is -4.33. The number of nitrogens with zero attached hydrogens (tertiary/aromatic N) is 3. The zero-order valence-electron chi connectivity index (χ0n) is 11.7. The average molecular weight is 313 g/mol. The molecule has 0 saturated carbocycles. The quantitative estimate of drug-likeness (QED) is 0.923. The molecule has 2 heterocycles. The Morgan fingerprint density at radius 3 is 2.50 bits per heavy atom. The fourth-order valence-electron chi connectivity index (χ4n) is 2.56. The zero-order chi connectivity index (χ0) is 15.9. The first kappa shape index (κ1) is 15.0. The van der Waals surface area contributed by atoms with Crippen LogP contribution in [0.1, 0.15) is 23.9 Å². The Hall–Kier alpha value is -1.93. The van der Waals surface area contributed by atoms with Crippen LogP contribution in [-0.4, -0.2) is 39.8 Å². The molecule has 0 spiro atoms. The highest BCUT2D eigenvalue weighted by Gasteiger charge is 2.34. The molecule has 1 aromatic heterocycles. The van der Waals surface area contributed by atoms with Crippen molar-refractivity contribution in [2.75, 3.05) is 13.6 Å². The summed E-state index contributed by atoms with van der Waals surface area (Å²) in [4.78, 5) is 6.12. The smallest absolute Gasteiger partial charge is 0.392 e. The molecule has 0 aliphatic carbocycles. The van der Waals surface area contributed by atoms with Crippen molar-refractivity contribution in [1.29, 1.82) is 0 Å². The van der Waals surface area contributed by atoms with Crippen molar-refractivity contribution in [3.05, 3.63) is 35.7 Å². The number of rotatable bonds is 2. The van der Waals surface area contributed by atoms with Crippen LogP contribution in [-0.2, 0) is 6.18 Å². The minimum Gasteiger partial charge on any atom is -0.392 e. The van der Waals surface area contributed by atoms with Crippen molar-refractivity contribution in [1.82, 2.24) is 15.0 Å². The number of hydrogen-bond donors (Lipinski definition) is 1. The molecule has 2 aromatic rings. The second kappa shape index (κ2) is 5.36. The number of β-amino-alcohol motifs (C(OH)–C–C–N with tert-alkyl or cyclic N) is 1. The molecular formula is C14H14F3N3O2. The number of likely N-dealkylation sites (N-methyl/N-ethyl adjacent to an activating group) is 1. The van der Waals surface area contributed by atoms with Crippen LogP contribution in [0.4, 0.5) is 13.2 Å². The highest BCUT2D eigenvalue weighted by Crippen LogP contribution is 2.32. The third kappa shape index (κ3) is 2.84. The van der Waals surface area contributed by atoms with E-state index in [0.717, 1.165) is 12.1 Å². The Morgan fingerprint density at radius 1 is 1.27 bits per heavy atom. The topological polar surface area (TPSA) is 62.4 Å². The van der Waals surface area contributed by atoms with Crippen LogP contribution in [0, 0.1) is 0 Å². The Bertz CT molecular complexity index is 654. The predicted octanol–water partition coefficient (Wildman–Crippen LogP) is 2.49. The molecule has 2 unspecified atom stereocenters. The summed E-state index contributed by atoms with van der Waals surface area (Å²) in [5.74, 6) is 0.590. The van der Waals surface area contributed by atoms with Gasteiger partial charge in [0.15, 0.2) is 0 Å². The van der Waals surface area contributed by atoms with Crippen molar-refractivity contribution < 1.29 is 22.8 Å². The van der Waals surface area contributed by atoms with Crippen molar-refractivity contribution in [2.24, 2.45) is 0 Å². The van der Waals surface area contributed by atoms with Gasteiger partial charge in [-0.3, -0.25) is 4.90 Å². The van der Waals surface area contributed by atoms with E-state index < -0.39 is 17.8 Å². The van der Waals surface area contributed by atoms with Gasteiger partial charge in [-0.25, -0.2) is 0 Å². The van der Waals surface area contributed by atoms with E-state index in [4.69, 9.17) is 4.52 Å². The van der Waals surface area contributed by atoms with E-state index in [0.29, 0.717) is 24.4 Å². The number of aromatic nitrogens is 2. The molecule has 0 amide bonds. The summed E-state index contributed by atoms with van der Waals surface area (Å²) in [5, 5.41) is 13.4. The first-order valence-electron chi connectivity index (χ1n) is 6.74. The first-order valence-corrected chi connectivity index (χ1v) is 6.74. The highest BCUT2D eigenvalue weighted by molar-refractivity contribution is 5.54. The average Bonchev–Trinajstić information content (AvgIpc) is 3.04. The second-order valence-corrected chi connectivity index (χ2v) is 5.38. The van der Waals surface area contributed by atoms with Crippen LogP contribution in [0.3, 0.4) is 0 Å². The van der Waals surface area contributed by atoms with Crippen molar-refractivity contribution >= 4 is 0 Å². The maximum Gasteiger partial charge on any atom is 0.416 e. The van der Waals surface area contributed by atoms with E-state index in [-0.39, 0.29) is 11.9 Å². The van der Waals surface area contributed by atoms with Crippen molar-refractivity contribution in [2.45, 2.75) is 24.7 Å². The van der Waals surface area contributed by atoms with Gasteiger partial charge >= 0.3 is 6.18 Å². The molecule has 1 N–H and O–H groups in total. The van der Waals surface area contributed by atoms with Crippen LogP contribution >= 0.6 is 0 Å². The van der Waals surface area contributed by atoms with Crippen LogP contribution in [0.15, 0.2) is 28.8 Å². The molecule has 5 nitrogen and oxygen atoms in total. The minimum absolute atomic E-state index is 0.175. The van der Waals surface area contributed by atoms with Gasteiger partial charge in [0.2, 0.25) is 11.7 Å². The monoisotopic (exact) mass is 313 g/mol. The maximum absolute atomic E-state index is 12.5. The van der Waals surface area contributed by atoms with Crippen LogP contribution in [0.5, 0.6) is 0 Å². The number of halogens is 3. The maximum atomic E-state index is 12.5. The van der Waals surface area contributed by atoms with E-state index in [1.54, 1.807) is 0 Å². The number of hydrogen-bond acceptors (Lipinski definition) is 5.